The summed E-state index contributed by atoms with van der Waals surface area (Å²) in [4.78, 5) is 4.57. The molecule has 1 N–H and O–H groups in total. The Labute approximate surface area is 121 Å². The fraction of sp³-hybridized carbons (Fsp3) is 0.188. The number of para-hydroxylation sites is 1. The minimum atomic E-state index is -0.153. The van der Waals surface area contributed by atoms with Crippen molar-refractivity contribution in [1.82, 2.24) is 10.3 Å². The van der Waals surface area contributed by atoms with E-state index in [9.17, 15) is 4.39 Å². The van der Waals surface area contributed by atoms with Gasteiger partial charge in [0, 0.05) is 13.1 Å². The summed E-state index contributed by atoms with van der Waals surface area (Å²) in [5, 5.41) is 4.43. The average molecular weight is 286 g/mol. The van der Waals surface area contributed by atoms with Gasteiger partial charge in [0.1, 0.15) is 10.8 Å². The van der Waals surface area contributed by atoms with E-state index in [2.05, 4.69) is 16.4 Å². The van der Waals surface area contributed by atoms with Crippen LogP contribution in [-0.4, -0.2) is 4.98 Å². The van der Waals surface area contributed by atoms with Crippen molar-refractivity contribution in [2.75, 3.05) is 0 Å². The summed E-state index contributed by atoms with van der Waals surface area (Å²) in [6.07, 6.45) is 0. The van der Waals surface area contributed by atoms with Gasteiger partial charge in [-0.1, -0.05) is 24.3 Å². The van der Waals surface area contributed by atoms with E-state index in [1.807, 2.05) is 30.3 Å². The van der Waals surface area contributed by atoms with Crippen LogP contribution in [0, 0.1) is 12.7 Å². The van der Waals surface area contributed by atoms with Crippen molar-refractivity contribution in [3.8, 4) is 0 Å². The van der Waals surface area contributed by atoms with E-state index < -0.39 is 0 Å². The van der Waals surface area contributed by atoms with Crippen LogP contribution in [0.3, 0.4) is 0 Å². The van der Waals surface area contributed by atoms with Crippen LogP contribution in [-0.2, 0) is 13.1 Å². The van der Waals surface area contributed by atoms with Crippen LogP contribution < -0.4 is 5.32 Å². The van der Waals surface area contributed by atoms with Gasteiger partial charge in [0.05, 0.1) is 10.2 Å². The second-order valence-electron chi connectivity index (χ2n) is 4.76. The quantitative estimate of drug-likeness (QED) is 0.783. The second-order valence-corrected chi connectivity index (χ2v) is 5.88. The molecule has 1 aromatic heterocycles. The second kappa shape index (κ2) is 5.69. The lowest BCUT2D eigenvalue weighted by Gasteiger charge is -2.04. The molecule has 0 saturated carbocycles. The summed E-state index contributed by atoms with van der Waals surface area (Å²) < 4.78 is 14.4. The molecule has 0 radical (unpaired) electrons. The van der Waals surface area contributed by atoms with E-state index in [-0.39, 0.29) is 5.82 Å². The molecule has 2 aromatic carbocycles. The first kappa shape index (κ1) is 13.2. The van der Waals surface area contributed by atoms with Crippen LogP contribution in [0.2, 0.25) is 0 Å². The number of thiazole rings is 1. The van der Waals surface area contributed by atoms with Crippen LogP contribution in [0.4, 0.5) is 4.39 Å². The monoisotopic (exact) mass is 286 g/mol. The van der Waals surface area contributed by atoms with Crippen LogP contribution in [0.1, 0.15) is 16.1 Å². The highest BCUT2D eigenvalue weighted by atomic mass is 32.1. The molecular weight excluding hydrogens is 271 g/mol. The zero-order chi connectivity index (χ0) is 13.9. The van der Waals surface area contributed by atoms with Gasteiger partial charge in [-0.25, -0.2) is 9.37 Å². The highest BCUT2D eigenvalue weighted by molar-refractivity contribution is 7.18. The largest absolute Gasteiger partial charge is 0.306 e. The van der Waals surface area contributed by atoms with Gasteiger partial charge in [-0.2, -0.15) is 0 Å². The van der Waals surface area contributed by atoms with Gasteiger partial charge < -0.3 is 5.32 Å². The molecule has 0 saturated heterocycles. The number of aryl methyl sites for hydroxylation is 1. The van der Waals surface area contributed by atoms with E-state index >= 15 is 0 Å². The zero-order valence-corrected chi connectivity index (χ0v) is 12.0. The Bertz CT molecular complexity index is 703. The Hall–Kier alpha value is -1.78. The predicted molar refractivity (Wildman–Crippen MR) is 81.3 cm³/mol. The first-order chi connectivity index (χ1) is 9.72. The number of halogens is 1. The van der Waals surface area contributed by atoms with E-state index in [4.69, 9.17) is 0 Å². The van der Waals surface area contributed by atoms with Gasteiger partial charge in [-0.3, -0.25) is 0 Å². The fourth-order valence-electron chi connectivity index (χ4n) is 2.13. The lowest BCUT2D eigenvalue weighted by molar-refractivity contribution is 0.615. The summed E-state index contributed by atoms with van der Waals surface area (Å²) in [5.74, 6) is -0.153. The lowest BCUT2D eigenvalue weighted by atomic mass is 10.1. The van der Waals surface area contributed by atoms with Gasteiger partial charge >= 0.3 is 0 Å². The van der Waals surface area contributed by atoms with E-state index in [0.717, 1.165) is 29.2 Å². The average Bonchev–Trinajstić information content (AvgIpc) is 2.85. The molecule has 0 amide bonds. The van der Waals surface area contributed by atoms with Crippen molar-refractivity contribution in [2.45, 2.75) is 20.0 Å². The van der Waals surface area contributed by atoms with E-state index in [1.165, 1.54) is 10.8 Å². The molecule has 3 rings (SSSR count). The van der Waals surface area contributed by atoms with Crippen molar-refractivity contribution in [3.63, 3.8) is 0 Å². The molecule has 0 aliphatic rings. The maximum atomic E-state index is 13.2. The smallest absolute Gasteiger partial charge is 0.126 e. The summed E-state index contributed by atoms with van der Waals surface area (Å²) in [6, 6.07) is 13.3. The van der Waals surface area contributed by atoms with Gasteiger partial charge in [0.25, 0.3) is 0 Å². The van der Waals surface area contributed by atoms with Crippen molar-refractivity contribution < 1.29 is 4.39 Å². The molecule has 0 atom stereocenters. The minimum Gasteiger partial charge on any atom is -0.306 e. The number of nitrogens with one attached hydrogen (secondary N) is 1. The topological polar surface area (TPSA) is 24.9 Å². The number of benzene rings is 2. The zero-order valence-electron chi connectivity index (χ0n) is 11.2. The highest BCUT2D eigenvalue weighted by Crippen LogP contribution is 2.21. The van der Waals surface area contributed by atoms with Crippen LogP contribution in [0.25, 0.3) is 10.2 Å². The normalized spacial score (nSPS) is 11.1. The fourth-order valence-corrected chi connectivity index (χ4v) is 3.06. The third-order valence-electron chi connectivity index (χ3n) is 3.17. The lowest BCUT2D eigenvalue weighted by Crippen LogP contribution is -2.12. The first-order valence-electron chi connectivity index (χ1n) is 6.52. The predicted octanol–water partition coefficient (Wildman–Crippen LogP) is 4.03. The molecule has 3 aromatic rings. The van der Waals surface area contributed by atoms with E-state index in [1.54, 1.807) is 18.3 Å². The molecule has 0 aliphatic carbocycles. The van der Waals surface area contributed by atoms with Crippen molar-refractivity contribution in [2.24, 2.45) is 0 Å². The molecule has 4 heteroatoms. The SMILES string of the molecule is Cc1cc(CNCc2nc3ccccc3s2)ccc1F. The molecule has 20 heavy (non-hydrogen) atoms. The third kappa shape index (κ3) is 2.86. The Morgan fingerprint density at radius 1 is 1.15 bits per heavy atom. The molecule has 1 heterocycles. The van der Waals surface area contributed by atoms with Gasteiger partial charge in [-0.05, 0) is 36.2 Å². The molecule has 0 aliphatic heterocycles. The summed E-state index contributed by atoms with van der Waals surface area (Å²) in [5.41, 5.74) is 2.82. The number of hydrogen-bond acceptors (Lipinski definition) is 3. The van der Waals surface area contributed by atoms with Gasteiger partial charge in [-0.15, -0.1) is 11.3 Å². The summed E-state index contributed by atoms with van der Waals surface area (Å²) in [7, 11) is 0. The highest BCUT2D eigenvalue weighted by Gasteiger charge is 2.03. The summed E-state index contributed by atoms with van der Waals surface area (Å²) >= 11 is 1.70. The van der Waals surface area contributed by atoms with Crippen LogP contribution in [0.15, 0.2) is 42.5 Å². The number of rotatable bonds is 4. The Morgan fingerprint density at radius 2 is 2.00 bits per heavy atom. The molecule has 0 unspecified atom stereocenters. The number of fused-ring (bicyclic) bond motifs is 1. The summed E-state index contributed by atoms with van der Waals surface area (Å²) in [6.45, 7) is 3.24. The number of hydrogen-bond donors (Lipinski definition) is 1. The molecule has 102 valence electrons. The van der Waals surface area contributed by atoms with Crippen molar-refractivity contribution in [1.29, 1.82) is 0 Å². The van der Waals surface area contributed by atoms with Crippen LogP contribution in [0.5, 0.6) is 0 Å². The first-order valence-corrected chi connectivity index (χ1v) is 7.34. The number of aromatic nitrogens is 1. The maximum Gasteiger partial charge on any atom is 0.126 e. The standard InChI is InChI=1S/C16H15FN2S/c1-11-8-12(6-7-13(11)17)9-18-10-16-19-14-4-2-3-5-15(14)20-16/h2-8,18H,9-10H2,1H3. The van der Waals surface area contributed by atoms with Gasteiger partial charge in [0.2, 0.25) is 0 Å². The van der Waals surface area contributed by atoms with Gasteiger partial charge in [0.15, 0.2) is 0 Å². The van der Waals surface area contributed by atoms with Crippen molar-refractivity contribution in [3.05, 3.63) is 64.4 Å². The third-order valence-corrected chi connectivity index (χ3v) is 4.20. The molecule has 0 bridgehead atoms. The molecule has 0 fully saturated rings. The minimum absolute atomic E-state index is 0.153. The Kier molecular flexibility index (Phi) is 3.76. The van der Waals surface area contributed by atoms with Crippen LogP contribution >= 0.6 is 11.3 Å². The Balaban J connectivity index is 1.63. The molecular formula is C16H15FN2S. The van der Waals surface area contributed by atoms with E-state index in [0.29, 0.717) is 5.56 Å². The van der Waals surface area contributed by atoms with Crippen molar-refractivity contribution >= 4 is 21.6 Å². The molecule has 2 nitrogen and oxygen atoms in total. The number of nitrogens with zero attached hydrogens (tertiary/aromatic N) is 1. The molecule has 0 spiro atoms. The Morgan fingerprint density at radius 3 is 2.80 bits per heavy atom. The maximum absolute atomic E-state index is 13.2.